The molecular weight excluding hydrogens is 172 g/mol. The highest BCUT2D eigenvalue weighted by molar-refractivity contribution is 5.76. The minimum Gasteiger partial charge on any atom is -0.460 e. The van der Waals surface area contributed by atoms with Crippen LogP contribution in [0.25, 0.3) is 0 Å². The highest BCUT2D eigenvalue weighted by Gasteiger charge is 2.21. The van der Waals surface area contributed by atoms with Gasteiger partial charge in [0.15, 0.2) is 6.10 Å². The highest BCUT2D eigenvalue weighted by Crippen LogP contribution is 2.05. The van der Waals surface area contributed by atoms with Crippen molar-refractivity contribution in [1.82, 2.24) is 0 Å². The van der Waals surface area contributed by atoms with E-state index < -0.39 is 12.1 Å². The number of rotatable bonds is 6. The normalized spacial score (nSPS) is 12.3. The molecule has 0 spiro atoms. The molecule has 4 nitrogen and oxygen atoms in total. The summed E-state index contributed by atoms with van der Waals surface area (Å²) < 4.78 is 9.34. The van der Waals surface area contributed by atoms with E-state index in [4.69, 9.17) is 4.74 Å². The molecule has 0 aliphatic rings. The predicted octanol–water partition coefficient (Wildman–Crippen LogP) is 1.19. The summed E-state index contributed by atoms with van der Waals surface area (Å²) in [6.45, 7) is 6.63. The van der Waals surface area contributed by atoms with Crippen molar-refractivity contribution in [3.63, 3.8) is 0 Å². The van der Waals surface area contributed by atoms with Crippen LogP contribution in [0.4, 0.5) is 0 Å². The number of hydrogen-bond donors (Lipinski definition) is 0. The summed E-state index contributed by atoms with van der Waals surface area (Å²) in [4.78, 5) is 21.1. The number of hydrogen-bond acceptors (Lipinski definition) is 4. The average molecular weight is 187 g/mol. The van der Waals surface area contributed by atoms with Crippen LogP contribution in [0.15, 0.2) is 0 Å². The van der Waals surface area contributed by atoms with Gasteiger partial charge >= 0.3 is 12.4 Å². The lowest BCUT2D eigenvalue weighted by atomic mass is 10.2. The van der Waals surface area contributed by atoms with Crippen LogP contribution in [0.5, 0.6) is 0 Å². The Balaban J connectivity index is 4.02. The fourth-order valence-corrected chi connectivity index (χ4v) is 0.853. The predicted molar refractivity (Wildman–Crippen MR) is 46.7 cm³/mol. The van der Waals surface area contributed by atoms with E-state index in [1.165, 1.54) is 6.47 Å². The Bertz CT molecular complexity index is 165. The molecule has 0 aliphatic heterocycles. The highest BCUT2D eigenvalue weighted by atomic mass is 16.6. The SMILES string of the molecule is CCCC(O[C]=O)C(=O)OC(C)C. The van der Waals surface area contributed by atoms with Gasteiger partial charge in [-0.2, -0.15) is 0 Å². The molecule has 4 heteroatoms. The second kappa shape index (κ2) is 6.46. The Labute approximate surface area is 78.2 Å². The number of carbonyl (C=O) groups is 1. The number of ether oxygens (including phenoxy) is 2. The maximum absolute atomic E-state index is 11.2. The van der Waals surface area contributed by atoms with E-state index in [9.17, 15) is 9.59 Å². The lowest BCUT2D eigenvalue weighted by Gasteiger charge is -2.14. The Morgan fingerprint density at radius 2 is 2.08 bits per heavy atom. The minimum atomic E-state index is -0.801. The van der Waals surface area contributed by atoms with Gasteiger partial charge in [0.2, 0.25) is 0 Å². The molecule has 0 aromatic carbocycles. The number of carbonyl (C=O) groups excluding carboxylic acids is 2. The van der Waals surface area contributed by atoms with Crippen LogP contribution in [0, 0.1) is 0 Å². The van der Waals surface area contributed by atoms with Gasteiger partial charge in [0.1, 0.15) is 0 Å². The quantitative estimate of drug-likeness (QED) is 0.586. The van der Waals surface area contributed by atoms with Gasteiger partial charge in [-0.3, -0.25) is 0 Å². The van der Waals surface area contributed by atoms with Gasteiger partial charge in [0.25, 0.3) is 0 Å². The second-order valence-electron chi connectivity index (χ2n) is 2.96. The zero-order chi connectivity index (χ0) is 10.3. The molecule has 0 amide bonds. The lowest BCUT2D eigenvalue weighted by molar-refractivity contribution is -0.156. The summed E-state index contributed by atoms with van der Waals surface area (Å²) in [6.07, 6.45) is 0.229. The topological polar surface area (TPSA) is 52.6 Å². The van der Waals surface area contributed by atoms with E-state index in [2.05, 4.69) is 4.74 Å². The van der Waals surface area contributed by atoms with E-state index in [1.54, 1.807) is 13.8 Å². The molecule has 0 rings (SSSR count). The summed E-state index contributed by atoms with van der Waals surface area (Å²) in [5, 5.41) is 0. The van der Waals surface area contributed by atoms with Crippen molar-refractivity contribution in [1.29, 1.82) is 0 Å². The molecule has 13 heavy (non-hydrogen) atoms. The third-order valence-electron chi connectivity index (χ3n) is 1.36. The second-order valence-corrected chi connectivity index (χ2v) is 2.96. The molecule has 1 radical (unpaired) electrons. The van der Waals surface area contributed by atoms with Crippen LogP contribution in [0.3, 0.4) is 0 Å². The smallest absolute Gasteiger partial charge is 0.418 e. The van der Waals surface area contributed by atoms with Crippen molar-refractivity contribution in [2.24, 2.45) is 0 Å². The fraction of sp³-hybridized carbons (Fsp3) is 0.778. The van der Waals surface area contributed by atoms with E-state index in [-0.39, 0.29) is 6.10 Å². The van der Waals surface area contributed by atoms with Crippen molar-refractivity contribution in [2.75, 3.05) is 0 Å². The maximum atomic E-state index is 11.2. The van der Waals surface area contributed by atoms with Crippen molar-refractivity contribution >= 4 is 12.4 Å². The Kier molecular flexibility index (Phi) is 5.93. The van der Waals surface area contributed by atoms with Crippen LogP contribution in [-0.4, -0.2) is 24.6 Å². The molecule has 75 valence electrons. The van der Waals surface area contributed by atoms with E-state index >= 15 is 0 Å². The molecule has 0 saturated heterocycles. The van der Waals surface area contributed by atoms with Crippen molar-refractivity contribution in [3.05, 3.63) is 0 Å². The molecule has 1 unspecified atom stereocenters. The average Bonchev–Trinajstić information content (AvgIpc) is 2.02. The zero-order valence-electron chi connectivity index (χ0n) is 8.20. The van der Waals surface area contributed by atoms with Gasteiger partial charge in [0.05, 0.1) is 6.10 Å². The monoisotopic (exact) mass is 187 g/mol. The maximum Gasteiger partial charge on any atom is 0.418 e. The summed E-state index contributed by atoms with van der Waals surface area (Å²) in [5.41, 5.74) is 0. The summed E-state index contributed by atoms with van der Waals surface area (Å²) in [6, 6.07) is 0. The van der Waals surface area contributed by atoms with Crippen LogP contribution in [0.2, 0.25) is 0 Å². The first-order valence-electron chi connectivity index (χ1n) is 4.35. The summed E-state index contributed by atoms with van der Waals surface area (Å²) >= 11 is 0. The van der Waals surface area contributed by atoms with Crippen LogP contribution >= 0.6 is 0 Å². The fourth-order valence-electron chi connectivity index (χ4n) is 0.853. The Hall–Kier alpha value is -1.06. The Morgan fingerprint density at radius 1 is 1.46 bits per heavy atom. The van der Waals surface area contributed by atoms with Crippen LogP contribution in [-0.2, 0) is 19.1 Å². The van der Waals surface area contributed by atoms with Crippen molar-refractivity contribution < 1.29 is 19.1 Å². The van der Waals surface area contributed by atoms with Gasteiger partial charge in [-0.1, -0.05) is 13.3 Å². The lowest BCUT2D eigenvalue weighted by Crippen LogP contribution is -2.28. The van der Waals surface area contributed by atoms with Crippen molar-refractivity contribution in [2.45, 2.75) is 45.8 Å². The summed E-state index contributed by atoms with van der Waals surface area (Å²) in [7, 11) is 0. The number of esters is 1. The third-order valence-corrected chi connectivity index (χ3v) is 1.36. The largest absolute Gasteiger partial charge is 0.460 e. The van der Waals surface area contributed by atoms with Crippen molar-refractivity contribution in [3.8, 4) is 0 Å². The third kappa shape index (κ3) is 5.22. The molecule has 0 saturated carbocycles. The Morgan fingerprint density at radius 3 is 2.46 bits per heavy atom. The molecule has 0 fully saturated rings. The molecule has 1 atom stereocenters. The molecule has 0 aromatic heterocycles. The molecule has 0 aromatic rings. The first-order chi connectivity index (χ1) is 6.11. The van der Waals surface area contributed by atoms with Crippen LogP contribution in [0.1, 0.15) is 33.6 Å². The minimum absolute atomic E-state index is 0.192. The molecule has 0 aliphatic carbocycles. The molecule has 0 heterocycles. The van der Waals surface area contributed by atoms with Gasteiger partial charge < -0.3 is 9.47 Å². The van der Waals surface area contributed by atoms with Crippen LogP contribution < -0.4 is 0 Å². The zero-order valence-corrected chi connectivity index (χ0v) is 8.20. The van der Waals surface area contributed by atoms with E-state index in [0.717, 1.165) is 6.42 Å². The van der Waals surface area contributed by atoms with Gasteiger partial charge in [-0.05, 0) is 20.3 Å². The first-order valence-corrected chi connectivity index (χ1v) is 4.35. The van der Waals surface area contributed by atoms with Gasteiger partial charge in [-0.15, -0.1) is 0 Å². The van der Waals surface area contributed by atoms with E-state index in [1.807, 2.05) is 6.92 Å². The molecule has 0 N–H and O–H groups in total. The standard InChI is InChI=1S/C9H15O4/c1-4-5-8(12-6-10)9(11)13-7(2)3/h7-8H,4-5H2,1-3H3. The van der Waals surface area contributed by atoms with Gasteiger partial charge in [-0.25, -0.2) is 9.59 Å². The summed E-state index contributed by atoms with van der Waals surface area (Å²) in [5.74, 6) is -0.500. The van der Waals surface area contributed by atoms with Gasteiger partial charge in [0, 0.05) is 0 Å². The molecule has 0 bridgehead atoms. The molecular formula is C9H15O4. The first kappa shape index (κ1) is 11.9. The van der Waals surface area contributed by atoms with E-state index in [0.29, 0.717) is 6.42 Å².